The van der Waals surface area contributed by atoms with Crippen LogP contribution in [0.15, 0.2) is 30.5 Å². The first-order chi connectivity index (χ1) is 12.2. The number of aromatic nitrogens is 2. The van der Waals surface area contributed by atoms with E-state index in [0.717, 1.165) is 23.5 Å². The maximum Gasteiger partial charge on any atom is 0.227 e. The zero-order valence-electron chi connectivity index (χ0n) is 14.6. The Morgan fingerprint density at radius 1 is 1.28 bits per heavy atom. The lowest BCUT2D eigenvalue weighted by atomic mass is 10.0. The van der Waals surface area contributed by atoms with Gasteiger partial charge in [0.1, 0.15) is 11.9 Å². The van der Waals surface area contributed by atoms with Crippen LogP contribution in [0.1, 0.15) is 40.7 Å². The van der Waals surface area contributed by atoms with Gasteiger partial charge in [0.05, 0.1) is 25.3 Å². The van der Waals surface area contributed by atoms with Gasteiger partial charge in [0.15, 0.2) is 0 Å². The van der Waals surface area contributed by atoms with Crippen LogP contribution in [0.25, 0.3) is 0 Å². The number of amides is 1. The Labute approximate surface area is 148 Å². The molecular formula is C20H23N3O2. The number of carbonyl (C=O) groups is 1. The lowest BCUT2D eigenvalue weighted by molar-refractivity contribution is -0.138. The van der Waals surface area contributed by atoms with Crippen molar-refractivity contribution in [2.45, 2.75) is 38.7 Å². The van der Waals surface area contributed by atoms with Crippen LogP contribution >= 0.6 is 0 Å². The Morgan fingerprint density at radius 2 is 2.16 bits per heavy atom. The number of ether oxygens (including phenoxy) is 1. The normalized spacial score (nSPS) is 19.7. The number of benzene rings is 1. The fraction of sp³-hybridized carbons (Fsp3) is 0.450. The second-order valence-corrected chi connectivity index (χ2v) is 6.86. The average molecular weight is 337 g/mol. The maximum atomic E-state index is 12.7. The number of hydrogen-bond donors (Lipinski definition) is 0. The highest BCUT2D eigenvalue weighted by Gasteiger charge is 2.26. The van der Waals surface area contributed by atoms with Gasteiger partial charge in [-0.3, -0.25) is 4.79 Å². The van der Waals surface area contributed by atoms with E-state index in [9.17, 15) is 4.79 Å². The second-order valence-electron chi connectivity index (χ2n) is 6.86. The SMILES string of the molecule is Cc1nccc([C@H]2CN(C(=O)Cc3ccc4c(c3)CCC4)CCO2)n1. The summed E-state index contributed by atoms with van der Waals surface area (Å²) in [6.07, 6.45) is 5.59. The van der Waals surface area contributed by atoms with E-state index >= 15 is 0 Å². The minimum Gasteiger partial charge on any atom is -0.368 e. The lowest BCUT2D eigenvalue weighted by Gasteiger charge is -2.32. The monoisotopic (exact) mass is 337 g/mol. The second kappa shape index (κ2) is 6.92. The fourth-order valence-corrected chi connectivity index (χ4v) is 3.73. The summed E-state index contributed by atoms with van der Waals surface area (Å²) in [6.45, 7) is 3.61. The minimum atomic E-state index is -0.167. The molecule has 4 rings (SSSR count). The predicted octanol–water partition coefficient (Wildman–Crippen LogP) is 2.42. The van der Waals surface area contributed by atoms with Crippen LogP contribution < -0.4 is 0 Å². The van der Waals surface area contributed by atoms with Gasteiger partial charge in [0.25, 0.3) is 0 Å². The third-order valence-electron chi connectivity index (χ3n) is 5.06. The van der Waals surface area contributed by atoms with E-state index in [-0.39, 0.29) is 12.0 Å². The summed E-state index contributed by atoms with van der Waals surface area (Å²) in [5, 5.41) is 0. The Morgan fingerprint density at radius 3 is 3.04 bits per heavy atom. The van der Waals surface area contributed by atoms with Gasteiger partial charge >= 0.3 is 0 Å². The highest BCUT2D eigenvalue weighted by Crippen LogP contribution is 2.24. The first-order valence-electron chi connectivity index (χ1n) is 8.98. The molecule has 1 aromatic heterocycles. The van der Waals surface area contributed by atoms with Crippen molar-refractivity contribution < 1.29 is 9.53 Å². The zero-order valence-corrected chi connectivity index (χ0v) is 14.6. The molecule has 0 unspecified atom stereocenters. The van der Waals surface area contributed by atoms with Gasteiger partial charge in [-0.2, -0.15) is 0 Å². The number of hydrogen-bond acceptors (Lipinski definition) is 4. The van der Waals surface area contributed by atoms with Gasteiger partial charge in [-0.1, -0.05) is 18.2 Å². The molecule has 1 fully saturated rings. The minimum absolute atomic E-state index is 0.164. The van der Waals surface area contributed by atoms with E-state index in [0.29, 0.717) is 26.1 Å². The molecule has 0 spiro atoms. The number of aryl methyl sites for hydroxylation is 3. The number of carbonyl (C=O) groups excluding carboxylic acids is 1. The molecule has 2 aromatic rings. The van der Waals surface area contributed by atoms with Crippen LogP contribution in [0.3, 0.4) is 0 Å². The first kappa shape index (κ1) is 16.2. The highest BCUT2D eigenvalue weighted by molar-refractivity contribution is 5.79. The van der Waals surface area contributed by atoms with Gasteiger partial charge in [-0.05, 0) is 48.9 Å². The Balaban J connectivity index is 1.43. The molecule has 0 bridgehead atoms. The summed E-state index contributed by atoms with van der Waals surface area (Å²) < 4.78 is 5.83. The molecule has 1 aliphatic heterocycles. The summed E-state index contributed by atoms with van der Waals surface area (Å²) in [6, 6.07) is 8.38. The molecule has 2 heterocycles. The standard InChI is InChI=1S/C20H23N3O2/c1-14-21-8-7-18(22-14)19-13-23(9-10-25-19)20(24)12-15-5-6-16-3-2-4-17(16)11-15/h5-8,11,19H,2-4,9-10,12-13H2,1H3/t19-/m1/s1. The maximum absolute atomic E-state index is 12.7. The quantitative estimate of drug-likeness (QED) is 0.863. The average Bonchev–Trinajstić information content (AvgIpc) is 3.09. The molecule has 0 N–H and O–H groups in total. The third kappa shape index (κ3) is 3.56. The van der Waals surface area contributed by atoms with E-state index in [4.69, 9.17) is 4.74 Å². The molecule has 130 valence electrons. The molecule has 5 nitrogen and oxygen atoms in total. The third-order valence-corrected chi connectivity index (χ3v) is 5.06. The van der Waals surface area contributed by atoms with Crippen LogP contribution in [-0.2, 0) is 28.8 Å². The topological polar surface area (TPSA) is 55.3 Å². The van der Waals surface area contributed by atoms with E-state index in [1.165, 1.54) is 24.0 Å². The fourth-order valence-electron chi connectivity index (χ4n) is 3.73. The molecule has 1 saturated heterocycles. The molecule has 1 atom stereocenters. The number of nitrogens with zero attached hydrogens (tertiary/aromatic N) is 3. The molecule has 25 heavy (non-hydrogen) atoms. The van der Waals surface area contributed by atoms with E-state index in [1.54, 1.807) is 6.20 Å². The lowest BCUT2D eigenvalue weighted by Crippen LogP contribution is -2.43. The summed E-state index contributed by atoms with van der Waals surface area (Å²) >= 11 is 0. The van der Waals surface area contributed by atoms with E-state index in [2.05, 4.69) is 28.2 Å². The van der Waals surface area contributed by atoms with Crippen LogP contribution in [0.4, 0.5) is 0 Å². The summed E-state index contributed by atoms with van der Waals surface area (Å²) in [5.41, 5.74) is 4.83. The zero-order chi connectivity index (χ0) is 17.2. The Hall–Kier alpha value is -2.27. The summed E-state index contributed by atoms with van der Waals surface area (Å²) in [5.74, 6) is 0.889. The van der Waals surface area contributed by atoms with Crippen LogP contribution in [0.2, 0.25) is 0 Å². The Bertz CT molecular complexity index is 790. The molecular weight excluding hydrogens is 314 g/mol. The molecule has 5 heteroatoms. The number of rotatable bonds is 3. The van der Waals surface area contributed by atoms with Gasteiger partial charge in [0.2, 0.25) is 5.91 Å². The summed E-state index contributed by atoms with van der Waals surface area (Å²) in [7, 11) is 0. The molecule has 1 aromatic carbocycles. The highest BCUT2D eigenvalue weighted by atomic mass is 16.5. The molecule has 2 aliphatic rings. The number of morpholine rings is 1. The smallest absolute Gasteiger partial charge is 0.227 e. The van der Waals surface area contributed by atoms with E-state index < -0.39 is 0 Å². The molecule has 0 saturated carbocycles. The predicted molar refractivity (Wildman–Crippen MR) is 94.2 cm³/mol. The van der Waals surface area contributed by atoms with Crippen molar-refractivity contribution in [3.63, 3.8) is 0 Å². The van der Waals surface area contributed by atoms with Crippen molar-refractivity contribution in [3.8, 4) is 0 Å². The van der Waals surface area contributed by atoms with Gasteiger partial charge in [-0.15, -0.1) is 0 Å². The first-order valence-corrected chi connectivity index (χ1v) is 8.98. The van der Waals surface area contributed by atoms with Crippen molar-refractivity contribution in [1.82, 2.24) is 14.9 Å². The van der Waals surface area contributed by atoms with Crippen molar-refractivity contribution in [2.24, 2.45) is 0 Å². The van der Waals surface area contributed by atoms with Crippen LogP contribution in [-0.4, -0.2) is 40.5 Å². The Kier molecular flexibility index (Phi) is 4.49. The largest absolute Gasteiger partial charge is 0.368 e. The summed E-state index contributed by atoms with van der Waals surface area (Å²) in [4.78, 5) is 23.2. The molecule has 1 aliphatic carbocycles. The van der Waals surface area contributed by atoms with Crippen molar-refractivity contribution >= 4 is 5.91 Å². The van der Waals surface area contributed by atoms with Crippen LogP contribution in [0.5, 0.6) is 0 Å². The van der Waals surface area contributed by atoms with Crippen molar-refractivity contribution in [3.05, 3.63) is 58.7 Å². The van der Waals surface area contributed by atoms with Gasteiger partial charge in [0, 0.05) is 12.7 Å². The van der Waals surface area contributed by atoms with Crippen molar-refractivity contribution in [2.75, 3.05) is 19.7 Å². The molecule has 1 amide bonds. The van der Waals surface area contributed by atoms with Gasteiger partial charge in [-0.25, -0.2) is 9.97 Å². The molecule has 0 radical (unpaired) electrons. The van der Waals surface area contributed by atoms with Crippen LogP contribution in [0, 0.1) is 6.92 Å². The van der Waals surface area contributed by atoms with Crippen molar-refractivity contribution in [1.29, 1.82) is 0 Å². The van der Waals surface area contributed by atoms with E-state index in [1.807, 2.05) is 17.9 Å². The van der Waals surface area contributed by atoms with Gasteiger partial charge < -0.3 is 9.64 Å². The number of fused-ring (bicyclic) bond motifs is 1.